The van der Waals surface area contributed by atoms with Crippen LogP contribution < -0.4 is 5.32 Å². The van der Waals surface area contributed by atoms with E-state index in [0.717, 1.165) is 23.0 Å². The molecule has 0 spiro atoms. The number of nitrogens with zero attached hydrogens (tertiary/aromatic N) is 2. The fourth-order valence-electron chi connectivity index (χ4n) is 1.55. The van der Waals surface area contributed by atoms with Crippen molar-refractivity contribution < 1.29 is 0 Å². The van der Waals surface area contributed by atoms with Gasteiger partial charge >= 0.3 is 0 Å². The van der Waals surface area contributed by atoms with Gasteiger partial charge in [0.05, 0.1) is 0 Å². The first kappa shape index (κ1) is 11.2. The highest BCUT2D eigenvalue weighted by atomic mass is 32.1. The second-order valence-electron chi connectivity index (χ2n) is 3.72. The zero-order valence-corrected chi connectivity index (χ0v) is 10.3. The number of aromatic nitrogens is 2. The summed E-state index contributed by atoms with van der Waals surface area (Å²) in [6, 6.07) is 8.41. The van der Waals surface area contributed by atoms with Gasteiger partial charge in [0.2, 0.25) is 0 Å². The maximum Gasteiger partial charge on any atom is 0.131 e. The molecule has 0 amide bonds. The molecule has 0 bridgehead atoms. The largest absolute Gasteiger partial charge is 0.313 e. The van der Waals surface area contributed by atoms with Crippen LogP contribution in [0.2, 0.25) is 0 Å². The molecule has 0 aliphatic rings. The van der Waals surface area contributed by atoms with Crippen LogP contribution in [0.25, 0.3) is 0 Å². The van der Waals surface area contributed by atoms with Gasteiger partial charge in [0, 0.05) is 13.0 Å². The van der Waals surface area contributed by atoms with Crippen LogP contribution in [0.3, 0.4) is 0 Å². The Morgan fingerprint density at radius 2 is 1.94 bits per heavy atom. The van der Waals surface area contributed by atoms with Gasteiger partial charge in [-0.25, -0.2) is 0 Å². The summed E-state index contributed by atoms with van der Waals surface area (Å²) in [6.07, 6.45) is 0.883. The minimum Gasteiger partial charge on any atom is -0.313 e. The average molecular weight is 233 g/mol. The van der Waals surface area contributed by atoms with Crippen molar-refractivity contribution in [1.29, 1.82) is 0 Å². The molecule has 2 aromatic rings. The smallest absolute Gasteiger partial charge is 0.131 e. The predicted molar refractivity (Wildman–Crippen MR) is 66.7 cm³/mol. The van der Waals surface area contributed by atoms with Crippen molar-refractivity contribution in [2.24, 2.45) is 0 Å². The lowest BCUT2D eigenvalue weighted by Crippen LogP contribution is -2.04. The number of aryl methyl sites for hydroxylation is 1. The van der Waals surface area contributed by atoms with Crippen LogP contribution >= 0.6 is 11.3 Å². The molecule has 3 nitrogen and oxygen atoms in total. The van der Waals surface area contributed by atoms with Gasteiger partial charge in [-0.3, -0.25) is 0 Å². The highest BCUT2D eigenvalue weighted by Gasteiger charge is 2.05. The van der Waals surface area contributed by atoms with Gasteiger partial charge in [-0.15, -0.1) is 10.2 Å². The molecule has 0 atom stereocenters. The monoisotopic (exact) mass is 233 g/mol. The molecule has 4 heteroatoms. The molecule has 1 aromatic carbocycles. The van der Waals surface area contributed by atoms with Crippen LogP contribution in [-0.2, 0) is 13.0 Å². The Balaban J connectivity index is 2.11. The first-order valence-electron chi connectivity index (χ1n) is 5.30. The molecule has 0 radical (unpaired) electrons. The molecule has 1 N–H and O–H groups in total. The summed E-state index contributed by atoms with van der Waals surface area (Å²) in [6.45, 7) is 2.93. The lowest BCUT2D eigenvalue weighted by atomic mass is 10.1. The lowest BCUT2D eigenvalue weighted by molar-refractivity contribution is 0.791. The van der Waals surface area contributed by atoms with Crippen LogP contribution in [0.15, 0.2) is 24.3 Å². The Hall–Kier alpha value is -1.26. The van der Waals surface area contributed by atoms with Crippen molar-refractivity contribution in [3.8, 4) is 0 Å². The molecule has 0 aliphatic carbocycles. The summed E-state index contributed by atoms with van der Waals surface area (Å²) in [5.74, 6) is 0. The van der Waals surface area contributed by atoms with Crippen LogP contribution in [0.5, 0.6) is 0 Å². The van der Waals surface area contributed by atoms with Crippen LogP contribution in [0, 0.1) is 6.92 Å². The number of rotatable bonds is 4. The van der Waals surface area contributed by atoms with E-state index in [9.17, 15) is 0 Å². The number of benzene rings is 1. The molecule has 2 rings (SSSR count). The van der Waals surface area contributed by atoms with E-state index in [1.807, 2.05) is 7.05 Å². The topological polar surface area (TPSA) is 37.8 Å². The molecule has 16 heavy (non-hydrogen) atoms. The molecule has 0 fully saturated rings. The van der Waals surface area contributed by atoms with Crippen LogP contribution in [-0.4, -0.2) is 17.2 Å². The third-order valence-corrected chi connectivity index (χ3v) is 3.36. The molecular formula is C12H15N3S. The van der Waals surface area contributed by atoms with Crippen molar-refractivity contribution in [1.82, 2.24) is 15.5 Å². The van der Waals surface area contributed by atoms with Crippen LogP contribution in [0.1, 0.15) is 21.1 Å². The Labute approximate surface area is 99.5 Å². The maximum absolute atomic E-state index is 4.20. The SMILES string of the molecule is CNCc1nnc(Cc2ccccc2C)s1. The molecule has 0 saturated carbocycles. The van der Waals surface area contributed by atoms with E-state index in [2.05, 4.69) is 46.7 Å². The van der Waals surface area contributed by atoms with Crippen molar-refractivity contribution in [2.75, 3.05) is 7.05 Å². The Morgan fingerprint density at radius 1 is 1.19 bits per heavy atom. The van der Waals surface area contributed by atoms with E-state index in [1.165, 1.54) is 11.1 Å². The quantitative estimate of drug-likeness (QED) is 0.879. The first-order valence-corrected chi connectivity index (χ1v) is 6.11. The summed E-state index contributed by atoms with van der Waals surface area (Å²) < 4.78 is 0. The molecule has 84 valence electrons. The zero-order chi connectivity index (χ0) is 11.4. The third kappa shape index (κ3) is 2.65. The number of hydrogen-bond acceptors (Lipinski definition) is 4. The van der Waals surface area contributed by atoms with E-state index < -0.39 is 0 Å². The fraction of sp³-hybridized carbons (Fsp3) is 0.333. The number of nitrogens with one attached hydrogen (secondary N) is 1. The Morgan fingerprint density at radius 3 is 2.69 bits per heavy atom. The van der Waals surface area contributed by atoms with Gasteiger partial charge in [0.15, 0.2) is 0 Å². The average Bonchev–Trinajstić information content (AvgIpc) is 2.70. The standard InChI is InChI=1S/C12H15N3S/c1-9-5-3-4-6-10(9)7-11-14-15-12(16-11)8-13-2/h3-6,13H,7-8H2,1-2H3. The Bertz CT molecular complexity index is 465. The third-order valence-electron chi connectivity index (χ3n) is 2.44. The summed E-state index contributed by atoms with van der Waals surface area (Å²) in [5, 5.41) is 13.5. The van der Waals surface area contributed by atoms with E-state index in [-0.39, 0.29) is 0 Å². The maximum atomic E-state index is 4.20. The minimum atomic E-state index is 0.797. The van der Waals surface area contributed by atoms with Crippen molar-refractivity contribution in [2.45, 2.75) is 19.9 Å². The molecule has 0 saturated heterocycles. The summed E-state index contributed by atoms with van der Waals surface area (Å²) in [7, 11) is 1.92. The van der Waals surface area contributed by atoms with Gasteiger partial charge in [-0.05, 0) is 25.1 Å². The van der Waals surface area contributed by atoms with Crippen molar-refractivity contribution in [3.63, 3.8) is 0 Å². The molecule has 1 aromatic heterocycles. The highest BCUT2D eigenvalue weighted by Crippen LogP contribution is 2.16. The predicted octanol–water partition coefficient (Wildman–Crippen LogP) is 2.16. The van der Waals surface area contributed by atoms with Gasteiger partial charge in [-0.2, -0.15) is 0 Å². The van der Waals surface area contributed by atoms with Gasteiger partial charge in [0.25, 0.3) is 0 Å². The zero-order valence-electron chi connectivity index (χ0n) is 9.53. The highest BCUT2D eigenvalue weighted by molar-refractivity contribution is 7.11. The Kier molecular flexibility index (Phi) is 3.64. The lowest BCUT2D eigenvalue weighted by Gasteiger charge is -2.01. The van der Waals surface area contributed by atoms with E-state index in [1.54, 1.807) is 11.3 Å². The van der Waals surface area contributed by atoms with Gasteiger partial charge in [0.1, 0.15) is 10.0 Å². The fourth-order valence-corrected chi connectivity index (χ4v) is 2.43. The molecule has 0 unspecified atom stereocenters. The summed E-state index contributed by atoms with van der Waals surface area (Å²) in [5.41, 5.74) is 2.64. The minimum absolute atomic E-state index is 0.797. The van der Waals surface area contributed by atoms with E-state index >= 15 is 0 Å². The van der Waals surface area contributed by atoms with Crippen molar-refractivity contribution >= 4 is 11.3 Å². The van der Waals surface area contributed by atoms with E-state index in [0.29, 0.717) is 0 Å². The first-order chi connectivity index (χ1) is 7.79. The normalized spacial score (nSPS) is 10.6. The van der Waals surface area contributed by atoms with Crippen molar-refractivity contribution in [3.05, 3.63) is 45.4 Å². The number of hydrogen-bond donors (Lipinski definition) is 1. The summed E-state index contributed by atoms with van der Waals surface area (Å²) in [4.78, 5) is 0. The second kappa shape index (κ2) is 5.18. The van der Waals surface area contributed by atoms with Gasteiger partial charge in [-0.1, -0.05) is 35.6 Å². The molecule has 1 heterocycles. The van der Waals surface area contributed by atoms with Gasteiger partial charge < -0.3 is 5.32 Å². The molecule has 0 aliphatic heterocycles. The molecular weight excluding hydrogens is 218 g/mol. The summed E-state index contributed by atoms with van der Waals surface area (Å²) >= 11 is 1.68. The second-order valence-corrected chi connectivity index (χ2v) is 4.87. The van der Waals surface area contributed by atoms with E-state index in [4.69, 9.17) is 0 Å². The van der Waals surface area contributed by atoms with Crippen LogP contribution in [0.4, 0.5) is 0 Å².